The number of carbonyl (C=O) groups excluding carboxylic acids is 4. The van der Waals surface area contributed by atoms with E-state index in [0.29, 0.717) is 34.2 Å². The van der Waals surface area contributed by atoms with Crippen LogP contribution in [0.3, 0.4) is 0 Å². The lowest BCUT2D eigenvalue weighted by Crippen LogP contribution is -2.52. The minimum Gasteiger partial charge on any atom is -0.322 e. The smallest absolute Gasteiger partial charge is 0.277 e. The molecule has 1 unspecified atom stereocenters. The monoisotopic (exact) mass is 427 g/mol. The average Bonchev–Trinajstić information content (AvgIpc) is 3.40. The zero-order valence-electron chi connectivity index (χ0n) is 15.8. The Morgan fingerprint density at radius 3 is 2.73 bits per heavy atom. The van der Waals surface area contributed by atoms with Crippen LogP contribution in [0.1, 0.15) is 63.7 Å². The molecule has 1 aliphatic carbocycles. The maximum Gasteiger partial charge on any atom is 0.277 e. The number of H-pyrrole nitrogens is 1. The summed E-state index contributed by atoms with van der Waals surface area (Å²) in [4.78, 5) is 50.3. The van der Waals surface area contributed by atoms with Gasteiger partial charge in [-0.25, -0.2) is 0 Å². The Morgan fingerprint density at radius 2 is 2.00 bits per heavy atom. The highest BCUT2D eigenvalue weighted by Crippen LogP contribution is 2.42. The Balaban J connectivity index is 1.32. The molecular weight excluding hydrogens is 410 g/mol. The van der Waals surface area contributed by atoms with E-state index in [4.69, 9.17) is 11.6 Å². The molecule has 4 amide bonds. The highest BCUT2D eigenvalue weighted by Gasteiger charge is 2.39. The van der Waals surface area contributed by atoms with Crippen LogP contribution >= 0.6 is 11.6 Å². The van der Waals surface area contributed by atoms with Gasteiger partial charge >= 0.3 is 0 Å². The zero-order valence-corrected chi connectivity index (χ0v) is 16.6. The zero-order chi connectivity index (χ0) is 21.0. The predicted octanol–water partition coefficient (Wildman–Crippen LogP) is 1.95. The molecule has 3 heterocycles. The predicted molar refractivity (Wildman–Crippen MR) is 106 cm³/mol. The van der Waals surface area contributed by atoms with Crippen molar-refractivity contribution >= 4 is 40.9 Å². The lowest BCUT2D eigenvalue weighted by molar-refractivity contribution is -0.136. The molecule has 154 valence electrons. The summed E-state index contributed by atoms with van der Waals surface area (Å²) in [6.07, 6.45) is 2.57. The number of fused-ring (bicyclic) bond motifs is 1. The number of hydrogen-bond acceptors (Lipinski definition) is 5. The fourth-order valence-corrected chi connectivity index (χ4v) is 4.30. The van der Waals surface area contributed by atoms with E-state index in [0.717, 1.165) is 18.5 Å². The third-order valence-electron chi connectivity index (χ3n) is 5.71. The van der Waals surface area contributed by atoms with Gasteiger partial charge in [-0.15, -0.1) is 0 Å². The molecule has 9 nitrogen and oxygen atoms in total. The second-order valence-corrected chi connectivity index (χ2v) is 8.18. The number of halogens is 1. The summed E-state index contributed by atoms with van der Waals surface area (Å²) in [5, 5.41) is 12.3. The maximum absolute atomic E-state index is 12.7. The number of benzene rings is 1. The molecule has 2 aliphatic heterocycles. The molecule has 1 aromatic heterocycles. The first kappa shape index (κ1) is 18.8. The van der Waals surface area contributed by atoms with Crippen LogP contribution in [0.5, 0.6) is 0 Å². The summed E-state index contributed by atoms with van der Waals surface area (Å²) >= 11 is 6.29. The minimum atomic E-state index is -0.677. The first-order chi connectivity index (χ1) is 14.4. The van der Waals surface area contributed by atoms with Crippen LogP contribution < -0.4 is 10.6 Å². The van der Waals surface area contributed by atoms with Crippen molar-refractivity contribution in [2.75, 3.05) is 5.32 Å². The molecule has 1 atom stereocenters. The van der Waals surface area contributed by atoms with Crippen LogP contribution in [0, 0.1) is 0 Å². The van der Waals surface area contributed by atoms with Crippen molar-refractivity contribution in [1.29, 1.82) is 0 Å². The second kappa shape index (κ2) is 6.94. The molecule has 2 aromatic rings. The van der Waals surface area contributed by atoms with E-state index in [2.05, 4.69) is 20.8 Å². The van der Waals surface area contributed by atoms with E-state index in [1.54, 1.807) is 18.2 Å². The van der Waals surface area contributed by atoms with E-state index < -0.39 is 17.9 Å². The van der Waals surface area contributed by atoms with E-state index in [1.807, 2.05) is 0 Å². The average molecular weight is 428 g/mol. The summed E-state index contributed by atoms with van der Waals surface area (Å²) in [7, 11) is 0. The van der Waals surface area contributed by atoms with Crippen LogP contribution in [0.15, 0.2) is 18.2 Å². The first-order valence-electron chi connectivity index (χ1n) is 9.75. The fraction of sp³-hybridized carbons (Fsp3) is 0.350. The van der Waals surface area contributed by atoms with Gasteiger partial charge in [0.25, 0.3) is 11.8 Å². The number of anilines is 1. The molecule has 30 heavy (non-hydrogen) atoms. The number of nitrogens with zero attached hydrogens (tertiary/aromatic N) is 2. The topological polar surface area (TPSA) is 124 Å². The van der Waals surface area contributed by atoms with Crippen molar-refractivity contribution in [1.82, 2.24) is 20.4 Å². The summed E-state index contributed by atoms with van der Waals surface area (Å²) in [5.74, 6) is -1.14. The van der Waals surface area contributed by atoms with Crippen LogP contribution in [-0.4, -0.2) is 44.8 Å². The number of amides is 4. The Kier molecular flexibility index (Phi) is 4.35. The quantitative estimate of drug-likeness (QED) is 0.643. The van der Waals surface area contributed by atoms with E-state index in [-0.39, 0.29) is 30.5 Å². The van der Waals surface area contributed by atoms with Gasteiger partial charge in [-0.05, 0) is 43.0 Å². The molecule has 2 fully saturated rings. The summed E-state index contributed by atoms with van der Waals surface area (Å²) < 4.78 is 0. The number of rotatable bonds is 4. The van der Waals surface area contributed by atoms with Crippen LogP contribution in [0.2, 0.25) is 5.02 Å². The number of aromatic amines is 1. The highest BCUT2D eigenvalue weighted by atomic mass is 35.5. The van der Waals surface area contributed by atoms with Gasteiger partial charge in [0.1, 0.15) is 6.04 Å². The van der Waals surface area contributed by atoms with Gasteiger partial charge in [0.2, 0.25) is 11.8 Å². The van der Waals surface area contributed by atoms with Crippen molar-refractivity contribution in [2.24, 2.45) is 0 Å². The number of nitrogens with one attached hydrogen (secondary N) is 3. The van der Waals surface area contributed by atoms with Crippen molar-refractivity contribution in [2.45, 2.75) is 44.2 Å². The van der Waals surface area contributed by atoms with Gasteiger partial charge in [0.15, 0.2) is 5.69 Å². The lowest BCUT2D eigenvalue weighted by atomic mass is 10.0. The number of piperidine rings is 1. The minimum absolute atomic E-state index is 0.139. The molecule has 1 aromatic carbocycles. The third kappa shape index (κ3) is 3.15. The third-order valence-corrected chi connectivity index (χ3v) is 6.10. The van der Waals surface area contributed by atoms with Crippen LogP contribution in [0.25, 0.3) is 0 Å². The summed E-state index contributed by atoms with van der Waals surface area (Å²) in [5.41, 5.74) is 2.62. The van der Waals surface area contributed by atoms with Crippen LogP contribution in [-0.2, 0) is 16.1 Å². The van der Waals surface area contributed by atoms with Crippen LogP contribution in [0.4, 0.5) is 5.69 Å². The largest absolute Gasteiger partial charge is 0.322 e. The van der Waals surface area contributed by atoms with E-state index in [9.17, 15) is 19.2 Å². The molecule has 3 N–H and O–H groups in total. The van der Waals surface area contributed by atoms with Gasteiger partial charge in [0, 0.05) is 30.1 Å². The maximum atomic E-state index is 12.7. The van der Waals surface area contributed by atoms with Gasteiger partial charge in [-0.2, -0.15) is 5.10 Å². The second-order valence-electron chi connectivity index (χ2n) is 7.80. The summed E-state index contributed by atoms with van der Waals surface area (Å²) in [6, 6.07) is 4.29. The molecular formula is C20H18ClN5O4. The molecule has 1 saturated heterocycles. The number of imide groups is 1. The first-order valence-corrected chi connectivity index (χ1v) is 10.1. The van der Waals surface area contributed by atoms with Gasteiger partial charge in [-0.3, -0.25) is 29.6 Å². The van der Waals surface area contributed by atoms with Gasteiger partial charge < -0.3 is 10.2 Å². The van der Waals surface area contributed by atoms with Crippen molar-refractivity contribution in [3.05, 3.63) is 45.7 Å². The van der Waals surface area contributed by atoms with Crippen molar-refractivity contribution in [3.63, 3.8) is 0 Å². The lowest BCUT2D eigenvalue weighted by Gasteiger charge is -2.29. The van der Waals surface area contributed by atoms with E-state index >= 15 is 0 Å². The standard InChI is InChI=1S/C20H18ClN5O4/c21-15-16(9-1-2-9)24-25-17(15)19(29)22-11-3-4-12-10(7-11)8-26(20(12)30)13-5-6-14(27)23-18(13)28/h3-4,7,9,13H,1-2,5-6,8H2,(H,22,29)(H,24,25)(H,23,27,28). The Morgan fingerprint density at radius 1 is 1.20 bits per heavy atom. The SMILES string of the molecule is O=C1CCC(N2Cc3cc(NC(=O)c4n[nH]c(C5CC5)c4Cl)ccc3C2=O)C(=O)N1. The molecule has 3 aliphatic rings. The Bertz CT molecular complexity index is 1110. The number of carbonyl (C=O) groups is 4. The van der Waals surface area contributed by atoms with Crippen molar-refractivity contribution in [3.8, 4) is 0 Å². The fourth-order valence-electron chi connectivity index (χ4n) is 3.98. The molecule has 5 rings (SSSR count). The Labute approximate surface area is 176 Å². The molecule has 10 heteroatoms. The molecule has 0 radical (unpaired) electrons. The Hall–Kier alpha value is -3.20. The van der Waals surface area contributed by atoms with Gasteiger partial charge in [-0.1, -0.05) is 11.6 Å². The molecule has 1 saturated carbocycles. The normalized spacial score (nSPS) is 20.9. The van der Waals surface area contributed by atoms with Crippen molar-refractivity contribution < 1.29 is 19.2 Å². The highest BCUT2D eigenvalue weighted by molar-refractivity contribution is 6.34. The summed E-state index contributed by atoms with van der Waals surface area (Å²) in [6.45, 7) is 0.235. The molecule has 0 bridgehead atoms. The van der Waals surface area contributed by atoms with Gasteiger partial charge in [0.05, 0.1) is 10.7 Å². The molecule has 0 spiro atoms. The number of aromatic nitrogens is 2. The number of hydrogen-bond donors (Lipinski definition) is 3. The van der Waals surface area contributed by atoms with E-state index in [1.165, 1.54) is 4.90 Å².